The van der Waals surface area contributed by atoms with Crippen LogP contribution in [-0.4, -0.2) is 24.5 Å². The number of nitrogens with zero attached hydrogens (tertiary/aromatic N) is 1. The molecule has 2 rings (SSSR count). The first-order valence-corrected chi connectivity index (χ1v) is 7.50. The van der Waals surface area contributed by atoms with E-state index in [1.807, 2.05) is 0 Å². The van der Waals surface area contributed by atoms with E-state index in [1.165, 1.54) is 11.8 Å². The van der Waals surface area contributed by atoms with Gasteiger partial charge in [0.05, 0.1) is 17.8 Å². The largest absolute Gasteiger partial charge is 0.476 e. The van der Waals surface area contributed by atoms with E-state index in [0.717, 1.165) is 11.3 Å². The molecule has 0 spiro atoms. The molecule has 0 fully saturated rings. The fourth-order valence-electron chi connectivity index (χ4n) is 1.45. The van der Waals surface area contributed by atoms with Crippen molar-refractivity contribution in [2.75, 3.05) is 0 Å². The molecule has 0 amide bonds. The second kappa shape index (κ2) is 5.11. The van der Waals surface area contributed by atoms with Crippen LogP contribution in [0.4, 0.5) is 0 Å². The van der Waals surface area contributed by atoms with Gasteiger partial charge in [0.1, 0.15) is 5.76 Å². The molecule has 0 aliphatic heterocycles. The molecule has 19 heavy (non-hydrogen) atoms. The van der Waals surface area contributed by atoms with Crippen LogP contribution in [0.5, 0.6) is 0 Å². The number of carboxylic acids is 1. The maximum Gasteiger partial charge on any atom is 0.356 e. The number of nitrogens with one attached hydrogen (secondary N) is 1. The lowest BCUT2D eigenvalue weighted by Gasteiger charge is -2.10. The Bertz CT molecular complexity index is 675. The van der Waals surface area contributed by atoms with Crippen LogP contribution in [0.2, 0.25) is 0 Å². The molecule has 2 aromatic rings. The van der Waals surface area contributed by atoms with Crippen molar-refractivity contribution in [2.24, 2.45) is 0 Å². The van der Waals surface area contributed by atoms with E-state index in [4.69, 9.17) is 9.52 Å². The molecule has 2 N–H and O–H groups in total. The SMILES string of the molecule is C[C@@H](NS(=O)(=O)c1scnc1C(=O)O)c1ccco1. The third kappa shape index (κ3) is 2.83. The number of rotatable bonds is 5. The van der Waals surface area contributed by atoms with E-state index in [1.54, 1.807) is 19.1 Å². The number of carbonyl (C=O) groups is 1. The number of carboxylic acid groups (broad SMARTS) is 1. The normalized spacial score (nSPS) is 13.3. The molecule has 0 saturated heterocycles. The Morgan fingerprint density at radius 2 is 2.32 bits per heavy atom. The number of aromatic nitrogens is 1. The van der Waals surface area contributed by atoms with Crippen molar-refractivity contribution >= 4 is 27.3 Å². The molecule has 0 aliphatic carbocycles. The quantitative estimate of drug-likeness (QED) is 0.865. The van der Waals surface area contributed by atoms with E-state index in [-0.39, 0.29) is 4.21 Å². The Balaban J connectivity index is 2.28. The van der Waals surface area contributed by atoms with Gasteiger partial charge in [0.25, 0.3) is 10.0 Å². The van der Waals surface area contributed by atoms with Gasteiger partial charge in [-0.2, -0.15) is 4.72 Å². The van der Waals surface area contributed by atoms with Gasteiger partial charge in [-0.05, 0) is 19.1 Å². The van der Waals surface area contributed by atoms with E-state index >= 15 is 0 Å². The van der Waals surface area contributed by atoms with Gasteiger partial charge >= 0.3 is 5.97 Å². The summed E-state index contributed by atoms with van der Waals surface area (Å²) in [6, 6.07) is 2.65. The van der Waals surface area contributed by atoms with Crippen LogP contribution in [0.3, 0.4) is 0 Å². The minimum atomic E-state index is -3.95. The summed E-state index contributed by atoms with van der Waals surface area (Å²) in [5.41, 5.74) is 0.694. The maximum atomic E-state index is 12.1. The molecule has 0 unspecified atom stereocenters. The van der Waals surface area contributed by atoms with Crippen LogP contribution >= 0.6 is 11.3 Å². The Kier molecular flexibility index (Phi) is 3.69. The van der Waals surface area contributed by atoms with E-state index < -0.39 is 27.7 Å². The fraction of sp³-hybridized carbons (Fsp3) is 0.200. The third-order valence-electron chi connectivity index (χ3n) is 2.28. The third-order valence-corrected chi connectivity index (χ3v) is 5.19. The van der Waals surface area contributed by atoms with Crippen LogP contribution in [0, 0.1) is 0 Å². The van der Waals surface area contributed by atoms with Crippen molar-refractivity contribution < 1.29 is 22.7 Å². The Morgan fingerprint density at radius 3 is 2.89 bits per heavy atom. The molecule has 9 heteroatoms. The summed E-state index contributed by atoms with van der Waals surface area (Å²) in [6.45, 7) is 1.60. The first-order valence-electron chi connectivity index (χ1n) is 5.14. The second-order valence-corrected chi connectivity index (χ2v) is 6.42. The lowest BCUT2D eigenvalue weighted by molar-refractivity contribution is 0.0687. The van der Waals surface area contributed by atoms with Gasteiger partial charge < -0.3 is 9.52 Å². The highest BCUT2D eigenvalue weighted by Gasteiger charge is 2.27. The Hall–Kier alpha value is -1.71. The summed E-state index contributed by atoms with van der Waals surface area (Å²) >= 11 is 0.751. The Labute approximate surface area is 113 Å². The molecule has 102 valence electrons. The van der Waals surface area contributed by atoms with Crippen LogP contribution in [0.15, 0.2) is 32.5 Å². The molecular formula is C10H10N2O5S2. The highest BCUT2D eigenvalue weighted by atomic mass is 32.2. The standard InChI is InChI=1S/C10H10N2O5S2/c1-6(7-3-2-4-17-7)12-19(15,16)10-8(9(13)14)11-5-18-10/h2-6,12H,1H3,(H,13,14)/t6-/m1/s1. The number of furan rings is 1. The van der Waals surface area contributed by atoms with Crippen LogP contribution in [-0.2, 0) is 10.0 Å². The topological polar surface area (TPSA) is 110 Å². The fourth-order valence-corrected chi connectivity index (χ4v) is 3.82. The molecular weight excluding hydrogens is 292 g/mol. The molecule has 7 nitrogen and oxygen atoms in total. The van der Waals surface area contributed by atoms with Gasteiger partial charge in [0, 0.05) is 0 Å². The van der Waals surface area contributed by atoms with Gasteiger partial charge in [-0.25, -0.2) is 18.2 Å². The highest BCUT2D eigenvalue weighted by molar-refractivity contribution is 7.91. The molecule has 0 aliphatic rings. The van der Waals surface area contributed by atoms with Crippen molar-refractivity contribution in [3.63, 3.8) is 0 Å². The van der Waals surface area contributed by atoms with Gasteiger partial charge in [-0.15, -0.1) is 11.3 Å². The molecule has 0 saturated carbocycles. The minimum Gasteiger partial charge on any atom is -0.476 e. The molecule has 0 radical (unpaired) electrons. The number of hydrogen-bond donors (Lipinski definition) is 2. The molecule has 2 aromatic heterocycles. The molecule has 1 atom stereocenters. The number of hydrogen-bond acceptors (Lipinski definition) is 6. The number of aromatic carboxylic acids is 1. The van der Waals surface area contributed by atoms with E-state index in [2.05, 4.69) is 9.71 Å². The Morgan fingerprint density at radius 1 is 1.58 bits per heavy atom. The van der Waals surface area contributed by atoms with Crippen LogP contribution < -0.4 is 4.72 Å². The zero-order valence-corrected chi connectivity index (χ0v) is 11.4. The van der Waals surface area contributed by atoms with Crippen LogP contribution in [0.25, 0.3) is 0 Å². The van der Waals surface area contributed by atoms with Crippen molar-refractivity contribution in [3.05, 3.63) is 35.4 Å². The van der Waals surface area contributed by atoms with Crippen molar-refractivity contribution in [2.45, 2.75) is 17.2 Å². The predicted octanol–water partition coefficient (Wildman–Crippen LogP) is 1.47. The van der Waals surface area contributed by atoms with E-state index in [0.29, 0.717) is 5.76 Å². The summed E-state index contributed by atoms with van der Waals surface area (Å²) in [5, 5.41) is 8.87. The average molecular weight is 302 g/mol. The monoisotopic (exact) mass is 302 g/mol. The van der Waals surface area contributed by atoms with Gasteiger partial charge in [0.15, 0.2) is 9.90 Å². The predicted molar refractivity (Wildman–Crippen MR) is 66.5 cm³/mol. The maximum absolute atomic E-state index is 12.1. The highest BCUT2D eigenvalue weighted by Crippen LogP contribution is 2.23. The van der Waals surface area contributed by atoms with E-state index in [9.17, 15) is 13.2 Å². The number of sulfonamides is 1. The number of thiazole rings is 1. The molecule has 0 aromatic carbocycles. The van der Waals surface area contributed by atoms with Gasteiger partial charge in [0.2, 0.25) is 0 Å². The lowest BCUT2D eigenvalue weighted by atomic mass is 10.3. The smallest absolute Gasteiger partial charge is 0.356 e. The molecule has 2 heterocycles. The van der Waals surface area contributed by atoms with Crippen LogP contribution in [0.1, 0.15) is 29.2 Å². The zero-order chi connectivity index (χ0) is 14.0. The average Bonchev–Trinajstić information content (AvgIpc) is 3.00. The van der Waals surface area contributed by atoms with Gasteiger partial charge in [-0.3, -0.25) is 0 Å². The first kappa shape index (κ1) is 13.7. The van der Waals surface area contributed by atoms with Crippen molar-refractivity contribution in [1.29, 1.82) is 0 Å². The second-order valence-electron chi connectivity index (χ2n) is 3.65. The summed E-state index contributed by atoms with van der Waals surface area (Å²) in [4.78, 5) is 14.4. The summed E-state index contributed by atoms with van der Waals surface area (Å²) in [5.74, 6) is -0.947. The zero-order valence-electron chi connectivity index (χ0n) is 9.73. The lowest BCUT2D eigenvalue weighted by Crippen LogP contribution is -2.27. The minimum absolute atomic E-state index is 0.321. The molecule has 0 bridgehead atoms. The van der Waals surface area contributed by atoms with Gasteiger partial charge in [-0.1, -0.05) is 0 Å². The first-order chi connectivity index (χ1) is 8.92. The summed E-state index contributed by atoms with van der Waals surface area (Å²) < 4.78 is 31.3. The van der Waals surface area contributed by atoms with Crippen molar-refractivity contribution in [1.82, 2.24) is 9.71 Å². The summed E-state index contributed by atoms with van der Waals surface area (Å²) in [7, 11) is -3.95. The summed E-state index contributed by atoms with van der Waals surface area (Å²) in [6.07, 6.45) is 1.43. The van der Waals surface area contributed by atoms with Crippen molar-refractivity contribution in [3.8, 4) is 0 Å².